The molecule has 0 radical (unpaired) electrons. The largest absolute Gasteiger partial charge is 0.256 e. The van der Waals surface area contributed by atoms with Crippen molar-refractivity contribution in [3.63, 3.8) is 0 Å². The summed E-state index contributed by atoms with van der Waals surface area (Å²) < 4.78 is 0. The normalized spacial score (nSPS) is 12.4. The third-order valence-corrected chi connectivity index (χ3v) is 5.39. The first kappa shape index (κ1) is 15.3. The fraction of sp³-hybridized carbons (Fsp3) is 0.160. The lowest BCUT2D eigenvalue weighted by Crippen LogP contribution is -2.12. The highest BCUT2D eigenvalue weighted by molar-refractivity contribution is 6.26. The Morgan fingerprint density at radius 3 is 2.27 bits per heavy atom. The molecule has 1 aromatic heterocycles. The summed E-state index contributed by atoms with van der Waals surface area (Å²) in [6.45, 7) is 6.89. The van der Waals surface area contributed by atoms with Gasteiger partial charge in [0.15, 0.2) is 0 Å². The predicted octanol–water partition coefficient (Wildman–Crippen LogP) is 6.94. The average molecular weight is 335 g/mol. The van der Waals surface area contributed by atoms with Gasteiger partial charge in [-0.25, -0.2) is 0 Å². The van der Waals surface area contributed by atoms with Crippen LogP contribution in [0.4, 0.5) is 0 Å². The van der Waals surface area contributed by atoms with Crippen LogP contribution in [-0.2, 0) is 5.41 Å². The lowest BCUT2D eigenvalue weighted by atomic mass is 9.80. The highest BCUT2D eigenvalue weighted by Gasteiger charge is 2.21. The van der Waals surface area contributed by atoms with Crippen molar-refractivity contribution in [1.82, 2.24) is 4.98 Å². The number of rotatable bonds is 1. The van der Waals surface area contributed by atoms with Crippen molar-refractivity contribution >= 4 is 32.3 Å². The molecule has 0 amide bonds. The van der Waals surface area contributed by atoms with Crippen LogP contribution in [0.2, 0.25) is 0 Å². The van der Waals surface area contributed by atoms with E-state index < -0.39 is 0 Å². The molecular weight excluding hydrogens is 314 g/mol. The summed E-state index contributed by atoms with van der Waals surface area (Å²) in [5.74, 6) is 0. The lowest BCUT2D eigenvalue weighted by molar-refractivity contribution is 0.596. The molecule has 0 bridgehead atoms. The van der Waals surface area contributed by atoms with Gasteiger partial charge in [-0.15, -0.1) is 0 Å². The molecule has 26 heavy (non-hydrogen) atoms. The molecule has 0 fully saturated rings. The molecule has 0 N–H and O–H groups in total. The van der Waals surface area contributed by atoms with Gasteiger partial charge >= 0.3 is 0 Å². The van der Waals surface area contributed by atoms with Crippen LogP contribution in [0.3, 0.4) is 0 Å². The van der Waals surface area contributed by atoms with E-state index in [-0.39, 0.29) is 5.41 Å². The Kier molecular flexibility index (Phi) is 3.12. The van der Waals surface area contributed by atoms with Crippen molar-refractivity contribution in [2.24, 2.45) is 0 Å². The molecule has 126 valence electrons. The smallest absolute Gasteiger partial charge is 0.0708 e. The van der Waals surface area contributed by atoms with Gasteiger partial charge in [-0.2, -0.15) is 0 Å². The third-order valence-electron chi connectivity index (χ3n) is 5.39. The molecule has 5 aromatic rings. The Bertz CT molecular complexity index is 1240. The van der Waals surface area contributed by atoms with E-state index in [0.29, 0.717) is 0 Å². The second kappa shape index (κ2) is 5.28. The molecule has 0 aliphatic carbocycles. The second-order valence-corrected chi connectivity index (χ2v) is 8.12. The van der Waals surface area contributed by atoms with Crippen LogP contribution in [0.5, 0.6) is 0 Å². The van der Waals surface area contributed by atoms with E-state index in [9.17, 15) is 0 Å². The standard InChI is InChI=1S/C25H21N/c1-25(2,3)21-15-17-11-12-18(22-9-4-5-14-26-22)19-13-10-16-7-6-8-20(21)23(16)24(17)19/h4-15H,1-3H3. The summed E-state index contributed by atoms with van der Waals surface area (Å²) in [7, 11) is 0. The zero-order valence-corrected chi connectivity index (χ0v) is 15.4. The number of benzene rings is 4. The molecular formula is C25H21N. The van der Waals surface area contributed by atoms with E-state index >= 15 is 0 Å². The second-order valence-electron chi connectivity index (χ2n) is 8.12. The summed E-state index contributed by atoms with van der Waals surface area (Å²) in [5.41, 5.74) is 3.75. The highest BCUT2D eigenvalue weighted by atomic mass is 14.7. The Hall–Kier alpha value is -2.93. The fourth-order valence-corrected chi connectivity index (χ4v) is 4.19. The van der Waals surface area contributed by atoms with Crippen LogP contribution in [0.1, 0.15) is 26.3 Å². The maximum atomic E-state index is 4.59. The van der Waals surface area contributed by atoms with Crippen LogP contribution < -0.4 is 0 Å². The first-order valence-electron chi connectivity index (χ1n) is 9.16. The van der Waals surface area contributed by atoms with Gasteiger partial charge in [0.05, 0.1) is 5.69 Å². The molecule has 1 heteroatoms. The zero-order valence-electron chi connectivity index (χ0n) is 15.4. The molecule has 0 saturated carbocycles. The minimum absolute atomic E-state index is 0.105. The molecule has 0 unspecified atom stereocenters. The van der Waals surface area contributed by atoms with E-state index in [1.165, 1.54) is 43.4 Å². The van der Waals surface area contributed by atoms with Crippen LogP contribution in [0, 0.1) is 0 Å². The summed E-state index contributed by atoms with van der Waals surface area (Å²) in [4.78, 5) is 4.59. The Labute approximate surface area is 153 Å². The molecule has 1 heterocycles. The van der Waals surface area contributed by atoms with Crippen molar-refractivity contribution in [3.8, 4) is 11.3 Å². The molecule has 0 aliphatic rings. The predicted molar refractivity (Wildman–Crippen MR) is 112 cm³/mol. The first-order valence-corrected chi connectivity index (χ1v) is 9.16. The van der Waals surface area contributed by atoms with Gasteiger partial charge in [0, 0.05) is 11.8 Å². The maximum absolute atomic E-state index is 4.59. The van der Waals surface area contributed by atoms with Crippen LogP contribution in [0.15, 0.2) is 72.9 Å². The van der Waals surface area contributed by atoms with Gasteiger partial charge in [-0.3, -0.25) is 4.98 Å². The van der Waals surface area contributed by atoms with Gasteiger partial charge in [-0.1, -0.05) is 69.3 Å². The van der Waals surface area contributed by atoms with Gasteiger partial charge in [-0.05, 0) is 61.5 Å². The van der Waals surface area contributed by atoms with Gasteiger partial charge < -0.3 is 0 Å². The van der Waals surface area contributed by atoms with Gasteiger partial charge in [0.1, 0.15) is 0 Å². The van der Waals surface area contributed by atoms with E-state index in [2.05, 4.69) is 86.4 Å². The van der Waals surface area contributed by atoms with Gasteiger partial charge in [0.2, 0.25) is 0 Å². The number of hydrogen-bond donors (Lipinski definition) is 0. The fourth-order valence-electron chi connectivity index (χ4n) is 4.19. The van der Waals surface area contributed by atoms with Crippen molar-refractivity contribution in [3.05, 3.63) is 78.5 Å². The molecule has 0 aliphatic heterocycles. The van der Waals surface area contributed by atoms with Gasteiger partial charge in [0.25, 0.3) is 0 Å². The van der Waals surface area contributed by atoms with Crippen molar-refractivity contribution < 1.29 is 0 Å². The number of aromatic nitrogens is 1. The molecule has 1 nitrogen and oxygen atoms in total. The lowest BCUT2D eigenvalue weighted by Gasteiger charge is -2.24. The molecule has 0 saturated heterocycles. The molecule has 4 aromatic carbocycles. The average Bonchev–Trinajstić information content (AvgIpc) is 2.65. The Morgan fingerprint density at radius 1 is 0.692 bits per heavy atom. The monoisotopic (exact) mass is 335 g/mol. The highest BCUT2D eigenvalue weighted by Crippen LogP contribution is 2.42. The number of nitrogens with zero attached hydrogens (tertiary/aromatic N) is 1. The SMILES string of the molecule is CC(C)(C)c1cc2ccc(-c3ccccn3)c3ccc4cccc1c4c23. The Morgan fingerprint density at radius 2 is 1.50 bits per heavy atom. The van der Waals surface area contributed by atoms with Crippen molar-refractivity contribution in [2.45, 2.75) is 26.2 Å². The van der Waals surface area contributed by atoms with Crippen LogP contribution >= 0.6 is 0 Å². The molecule has 0 atom stereocenters. The van der Waals surface area contributed by atoms with E-state index in [1.54, 1.807) is 0 Å². The summed E-state index contributed by atoms with van der Waals surface area (Å²) in [6.07, 6.45) is 1.87. The van der Waals surface area contributed by atoms with E-state index in [1.807, 2.05) is 12.3 Å². The molecule has 5 rings (SSSR count). The minimum atomic E-state index is 0.105. The van der Waals surface area contributed by atoms with Crippen LogP contribution in [-0.4, -0.2) is 4.98 Å². The van der Waals surface area contributed by atoms with Crippen molar-refractivity contribution in [1.29, 1.82) is 0 Å². The third kappa shape index (κ3) is 2.13. The van der Waals surface area contributed by atoms with E-state index in [4.69, 9.17) is 0 Å². The van der Waals surface area contributed by atoms with Crippen molar-refractivity contribution in [2.75, 3.05) is 0 Å². The first-order chi connectivity index (χ1) is 12.5. The summed E-state index contributed by atoms with van der Waals surface area (Å²) in [6, 6.07) is 24.1. The minimum Gasteiger partial charge on any atom is -0.256 e. The number of pyridine rings is 1. The quantitative estimate of drug-likeness (QED) is 0.302. The number of hydrogen-bond acceptors (Lipinski definition) is 1. The summed E-state index contributed by atoms with van der Waals surface area (Å²) in [5, 5.41) is 8.01. The maximum Gasteiger partial charge on any atom is 0.0708 e. The zero-order chi connectivity index (χ0) is 17.9. The van der Waals surface area contributed by atoms with E-state index in [0.717, 1.165) is 5.69 Å². The van der Waals surface area contributed by atoms with Crippen LogP contribution in [0.25, 0.3) is 43.6 Å². The topological polar surface area (TPSA) is 12.9 Å². The Balaban J connectivity index is 2.00. The summed E-state index contributed by atoms with van der Waals surface area (Å²) >= 11 is 0. The molecule has 0 spiro atoms.